The maximum absolute atomic E-state index is 12.4. The van der Waals surface area contributed by atoms with Crippen molar-refractivity contribution in [3.05, 3.63) is 28.2 Å². The molecule has 2 aliphatic carbocycles. The van der Waals surface area contributed by atoms with Gasteiger partial charge in [0.2, 0.25) is 10.0 Å². The van der Waals surface area contributed by atoms with Gasteiger partial charge >= 0.3 is 0 Å². The highest BCUT2D eigenvalue weighted by molar-refractivity contribution is 9.10. The molecule has 0 aliphatic heterocycles. The van der Waals surface area contributed by atoms with Crippen LogP contribution in [0.25, 0.3) is 0 Å². The molecule has 0 atom stereocenters. The van der Waals surface area contributed by atoms with Gasteiger partial charge in [-0.1, -0.05) is 22.0 Å². The smallest absolute Gasteiger partial charge is 0.211 e. The molecule has 1 N–H and O–H groups in total. The summed E-state index contributed by atoms with van der Waals surface area (Å²) in [4.78, 5) is 0.383. The highest BCUT2D eigenvalue weighted by Crippen LogP contribution is 2.60. The van der Waals surface area contributed by atoms with Crippen LogP contribution >= 0.6 is 15.9 Å². The van der Waals surface area contributed by atoms with Crippen LogP contribution < -0.4 is 4.72 Å². The lowest BCUT2D eigenvalue weighted by Crippen LogP contribution is -2.31. The van der Waals surface area contributed by atoms with Crippen LogP contribution in [0.2, 0.25) is 0 Å². The van der Waals surface area contributed by atoms with Crippen molar-refractivity contribution in [1.29, 1.82) is 0 Å². The van der Waals surface area contributed by atoms with Crippen LogP contribution in [0.4, 0.5) is 0 Å². The molecule has 104 valence electrons. The van der Waals surface area contributed by atoms with E-state index in [9.17, 15) is 8.42 Å². The average Bonchev–Trinajstić information content (AvgIpc) is 3.22. The van der Waals surface area contributed by atoms with Crippen LogP contribution in [0.5, 0.6) is 0 Å². The summed E-state index contributed by atoms with van der Waals surface area (Å²) < 4.78 is 28.4. The predicted octanol–water partition coefficient (Wildman–Crippen LogP) is 3.23. The minimum absolute atomic E-state index is 0.285. The summed E-state index contributed by atoms with van der Waals surface area (Å²) in [5, 5.41) is 0. The van der Waals surface area contributed by atoms with Crippen molar-refractivity contribution in [2.24, 2.45) is 11.3 Å². The molecule has 0 heterocycles. The molecule has 0 spiro atoms. The molecule has 5 heteroatoms. The third kappa shape index (κ3) is 2.73. The molecule has 1 aromatic rings. The normalized spacial score (nSPS) is 21.4. The molecule has 2 saturated carbocycles. The van der Waals surface area contributed by atoms with E-state index < -0.39 is 10.0 Å². The second-order valence-corrected chi connectivity index (χ2v) is 8.52. The predicted molar refractivity (Wildman–Crippen MR) is 78.5 cm³/mol. The third-order valence-electron chi connectivity index (χ3n) is 4.39. The number of benzene rings is 1. The molecule has 19 heavy (non-hydrogen) atoms. The van der Waals surface area contributed by atoms with Crippen molar-refractivity contribution < 1.29 is 8.42 Å². The van der Waals surface area contributed by atoms with E-state index >= 15 is 0 Å². The fraction of sp³-hybridized carbons (Fsp3) is 0.571. The third-order valence-corrected chi connectivity index (χ3v) is 6.43. The summed E-state index contributed by atoms with van der Waals surface area (Å²) in [5.41, 5.74) is 1.07. The summed E-state index contributed by atoms with van der Waals surface area (Å²) in [7, 11) is -3.39. The molecular formula is C14H18BrNO2S. The fourth-order valence-electron chi connectivity index (χ4n) is 2.77. The van der Waals surface area contributed by atoms with Crippen LogP contribution in [-0.2, 0) is 10.0 Å². The molecule has 3 nitrogen and oxygen atoms in total. The van der Waals surface area contributed by atoms with Gasteiger partial charge < -0.3 is 0 Å². The number of rotatable bonds is 5. The first kappa shape index (κ1) is 13.6. The van der Waals surface area contributed by atoms with Gasteiger partial charge in [-0.25, -0.2) is 13.1 Å². The maximum Gasteiger partial charge on any atom is 0.240 e. The second-order valence-electron chi connectivity index (χ2n) is 5.87. The van der Waals surface area contributed by atoms with Crippen molar-refractivity contribution in [2.45, 2.75) is 37.5 Å². The summed E-state index contributed by atoms with van der Waals surface area (Å²) in [6.45, 7) is 2.43. The van der Waals surface area contributed by atoms with Gasteiger partial charge in [-0.05, 0) is 61.6 Å². The topological polar surface area (TPSA) is 46.2 Å². The number of halogens is 1. The Bertz CT molecular complexity index is 604. The lowest BCUT2D eigenvalue weighted by molar-refractivity contribution is 0.432. The number of hydrogen-bond donors (Lipinski definition) is 1. The van der Waals surface area contributed by atoms with E-state index in [1.54, 1.807) is 6.07 Å². The van der Waals surface area contributed by atoms with Crippen LogP contribution in [0.3, 0.4) is 0 Å². The van der Waals surface area contributed by atoms with Crippen molar-refractivity contribution in [1.82, 2.24) is 4.72 Å². The van der Waals surface area contributed by atoms with Gasteiger partial charge in [-0.2, -0.15) is 0 Å². The van der Waals surface area contributed by atoms with Gasteiger partial charge in [0.1, 0.15) is 0 Å². The first-order valence-corrected chi connectivity index (χ1v) is 8.96. The second kappa shape index (κ2) is 4.57. The Morgan fingerprint density at radius 1 is 1.37 bits per heavy atom. The van der Waals surface area contributed by atoms with Gasteiger partial charge in [-0.15, -0.1) is 0 Å². The number of sulfonamides is 1. The lowest BCUT2D eigenvalue weighted by atomic mass is 10.0. The van der Waals surface area contributed by atoms with Crippen molar-refractivity contribution in [3.8, 4) is 0 Å². The van der Waals surface area contributed by atoms with Crippen LogP contribution in [0.1, 0.15) is 31.2 Å². The van der Waals surface area contributed by atoms with Crippen molar-refractivity contribution in [2.75, 3.05) is 6.54 Å². The molecule has 0 unspecified atom stereocenters. The van der Waals surface area contributed by atoms with E-state index in [1.807, 2.05) is 19.1 Å². The zero-order valence-corrected chi connectivity index (χ0v) is 13.4. The van der Waals surface area contributed by atoms with E-state index in [0.717, 1.165) is 16.0 Å². The average molecular weight is 344 g/mol. The number of hydrogen-bond acceptors (Lipinski definition) is 2. The molecule has 2 fully saturated rings. The summed E-state index contributed by atoms with van der Waals surface area (Å²) >= 11 is 3.33. The molecule has 0 amide bonds. The minimum atomic E-state index is -3.39. The van der Waals surface area contributed by atoms with Crippen LogP contribution in [0.15, 0.2) is 27.6 Å². The first-order chi connectivity index (χ1) is 8.93. The summed E-state index contributed by atoms with van der Waals surface area (Å²) in [6.07, 6.45) is 4.91. The Hall–Kier alpha value is -0.390. The van der Waals surface area contributed by atoms with Gasteiger partial charge in [0.15, 0.2) is 0 Å². The van der Waals surface area contributed by atoms with E-state index in [4.69, 9.17) is 0 Å². The monoisotopic (exact) mass is 343 g/mol. The van der Waals surface area contributed by atoms with Gasteiger partial charge in [0, 0.05) is 11.0 Å². The molecule has 1 aromatic carbocycles. The minimum Gasteiger partial charge on any atom is -0.211 e. The maximum atomic E-state index is 12.4. The molecule has 2 aliphatic rings. The van der Waals surface area contributed by atoms with E-state index in [2.05, 4.69) is 20.7 Å². The Morgan fingerprint density at radius 2 is 2.05 bits per heavy atom. The number of nitrogens with one attached hydrogen (secondary N) is 1. The summed E-state index contributed by atoms with van der Waals surface area (Å²) in [5.74, 6) is 0.763. The Kier molecular flexibility index (Phi) is 3.27. The van der Waals surface area contributed by atoms with Crippen molar-refractivity contribution >= 4 is 26.0 Å². The standard InChI is InChI=1S/C14H18BrNO2S/c1-10-2-5-12(15)8-13(10)19(17,18)16-9-14(6-7-14)11-3-4-11/h2,5,8,11,16H,3-4,6-7,9H2,1H3. The van der Waals surface area contributed by atoms with E-state index in [-0.39, 0.29) is 5.41 Å². The van der Waals surface area contributed by atoms with Crippen molar-refractivity contribution in [3.63, 3.8) is 0 Å². The molecule has 3 rings (SSSR count). The Balaban J connectivity index is 1.77. The molecule has 0 aromatic heterocycles. The molecular weight excluding hydrogens is 326 g/mol. The van der Waals surface area contributed by atoms with Gasteiger partial charge in [0.05, 0.1) is 4.90 Å². The van der Waals surface area contributed by atoms with Crippen LogP contribution in [0, 0.1) is 18.3 Å². The van der Waals surface area contributed by atoms with E-state index in [0.29, 0.717) is 11.4 Å². The Morgan fingerprint density at radius 3 is 2.63 bits per heavy atom. The van der Waals surface area contributed by atoms with Gasteiger partial charge in [-0.3, -0.25) is 0 Å². The molecule has 0 saturated heterocycles. The SMILES string of the molecule is Cc1ccc(Br)cc1S(=O)(=O)NCC1(C2CC2)CC1. The zero-order chi connectivity index (χ0) is 13.7. The first-order valence-electron chi connectivity index (χ1n) is 6.69. The highest BCUT2D eigenvalue weighted by Gasteiger charge is 2.53. The lowest BCUT2D eigenvalue weighted by Gasteiger charge is -2.16. The zero-order valence-electron chi connectivity index (χ0n) is 10.9. The number of aryl methyl sites for hydroxylation is 1. The highest BCUT2D eigenvalue weighted by atomic mass is 79.9. The quantitative estimate of drug-likeness (QED) is 0.891. The van der Waals surface area contributed by atoms with E-state index in [1.165, 1.54) is 25.7 Å². The fourth-order valence-corrected chi connectivity index (χ4v) is 4.69. The summed E-state index contributed by atoms with van der Waals surface area (Å²) in [6, 6.07) is 5.36. The largest absolute Gasteiger partial charge is 0.240 e. The van der Waals surface area contributed by atoms with Gasteiger partial charge in [0.25, 0.3) is 0 Å². The Labute approximate surface area is 123 Å². The molecule has 0 radical (unpaired) electrons. The van der Waals surface area contributed by atoms with Crippen LogP contribution in [-0.4, -0.2) is 15.0 Å². The molecule has 0 bridgehead atoms.